The lowest BCUT2D eigenvalue weighted by atomic mass is 10.1. The van der Waals surface area contributed by atoms with Crippen LogP contribution in [0.2, 0.25) is 0 Å². The SMILES string of the molecule is N#Cc1ccc(N)c(N)c1[NH3+]. The van der Waals surface area contributed by atoms with Gasteiger partial charge in [-0.1, -0.05) is 0 Å². The van der Waals surface area contributed by atoms with Gasteiger partial charge in [0.25, 0.3) is 0 Å². The lowest BCUT2D eigenvalue weighted by Crippen LogP contribution is -2.42. The van der Waals surface area contributed by atoms with E-state index in [-0.39, 0.29) is 0 Å². The third-order valence-corrected chi connectivity index (χ3v) is 1.51. The number of hydrogen-bond acceptors (Lipinski definition) is 3. The molecule has 0 bridgehead atoms. The Hall–Kier alpha value is -1.73. The van der Waals surface area contributed by atoms with Crippen LogP contribution < -0.4 is 17.2 Å². The summed E-state index contributed by atoms with van der Waals surface area (Å²) in [6.07, 6.45) is 0. The van der Waals surface area contributed by atoms with Gasteiger partial charge in [-0.25, -0.2) is 0 Å². The van der Waals surface area contributed by atoms with Crippen molar-refractivity contribution in [2.24, 2.45) is 0 Å². The molecule has 4 heteroatoms. The number of benzene rings is 1. The van der Waals surface area contributed by atoms with E-state index in [0.29, 0.717) is 22.6 Å². The third-order valence-electron chi connectivity index (χ3n) is 1.51. The molecule has 56 valence electrons. The van der Waals surface area contributed by atoms with Crippen molar-refractivity contribution in [3.05, 3.63) is 17.7 Å². The monoisotopic (exact) mass is 149 g/mol. The summed E-state index contributed by atoms with van der Waals surface area (Å²) in [5, 5.41) is 8.55. The summed E-state index contributed by atoms with van der Waals surface area (Å²) in [5.41, 5.74) is 16.4. The Labute approximate surface area is 64.2 Å². The van der Waals surface area contributed by atoms with Gasteiger partial charge in [-0.05, 0) is 12.1 Å². The summed E-state index contributed by atoms with van der Waals surface area (Å²) in [6, 6.07) is 5.17. The average Bonchev–Trinajstić information content (AvgIpc) is 2.01. The molecule has 0 atom stereocenters. The maximum atomic E-state index is 8.55. The van der Waals surface area contributed by atoms with Crippen molar-refractivity contribution in [1.29, 1.82) is 5.26 Å². The molecule has 0 fully saturated rings. The van der Waals surface area contributed by atoms with Crippen LogP contribution in [0.5, 0.6) is 0 Å². The molecule has 0 heterocycles. The van der Waals surface area contributed by atoms with Gasteiger partial charge in [0, 0.05) is 0 Å². The van der Waals surface area contributed by atoms with E-state index in [2.05, 4.69) is 5.73 Å². The number of quaternary nitrogens is 1. The molecule has 1 rings (SSSR count). The molecule has 1 aromatic carbocycles. The van der Waals surface area contributed by atoms with Crippen LogP contribution in [0.1, 0.15) is 5.56 Å². The molecule has 0 aliphatic carbocycles. The second-order valence-corrected chi connectivity index (χ2v) is 2.21. The molecule has 0 spiro atoms. The van der Waals surface area contributed by atoms with E-state index in [0.717, 1.165) is 0 Å². The molecule has 0 aliphatic rings. The van der Waals surface area contributed by atoms with Crippen molar-refractivity contribution in [3.8, 4) is 6.07 Å². The molecule has 0 amide bonds. The molecule has 0 aliphatic heterocycles. The highest BCUT2D eigenvalue weighted by Gasteiger charge is 2.07. The number of nitriles is 1. The summed E-state index contributed by atoms with van der Waals surface area (Å²) >= 11 is 0. The van der Waals surface area contributed by atoms with Crippen molar-refractivity contribution < 1.29 is 5.73 Å². The van der Waals surface area contributed by atoms with Gasteiger partial charge < -0.3 is 17.2 Å². The Morgan fingerprint density at radius 2 is 2.00 bits per heavy atom. The van der Waals surface area contributed by atoms with Gasteiger partial charge in [0.2, 0.25) is 0 Å². The molecule has 1 aromatic rings. The number of hydrogen-bond donors (Lipinski definition) is 3. The van der Waals surface area contributed by atoms with E-state index in [1.807, 2.05) is 6.07 Å². The van der Waals surface area contributed by atoms with E-state index < -0.39 is 0 Å². The smallest absolute Gasteiger partial charge is 0.171 e. The summed E-state index contributed by atoms with van der Waals surface area (Å²) < 4.78 is 0. The highest BCUT2D eigenvalue weighted by molar-refractivity contribution is 5.77. The van der Waals surface area contributed by atoms with Crippen LogP contribution in [-0.2, 0) is 0 Å². The van der Waals surface area contributed by atoms with Crippen molar-refractivity contribution in [2.45, 2.75) is 0 Å². The quantitative estimate of drug-likeness (QED) is 0.437. The van der Waals surface area contributed by atoms with Gasteiger partial charge >= 0.3 is 0 Å². The second-order valence-electron chi connectivity index (χ2n) is 2.21. The predicted molar refractivity (Wildman–Crippen MR) is 42.5 cm³/mol. The summed E-state index contributed by atoms with van der Waals surface area (Å²) in [4.78, 5) is 0. The summed E-state index contributed by atoms with van der Waals surface area (Å²) in [5.74, 6) is 0. The lowest BCUT2D eigenvalue weighted by Gasteiger charge is -2.00. The van der Waals surface area contributed by atoms with Crippen LogP contribution in [0.25, 0.3) is 0 Å². The van der Waals surface area contributed by atoms with Gasteiger partial charge in [-0.15, -0.1) is 0 Å². The lowest BCUT2D eigenvalue weighted by molar-refractivity contribution is -0.253. The normalized spacial score (nSPS) is 9.09. The van der Waals surface area contributed by atoms with E-state index in [4.69, 9.17) is 16.7 Å². The molecule has 0 unspecified atom stereocenters. The molecular formula is C7H9N4+. The summed E-state index contributed by atoms with van der Waals surface area (Å²) in [7, 11) is 0. The topological polar surface area (TPSA) is 103 Å². The molecule has 11 heavy (non-hydrogen) atoms. The fourth-order valence-electron chi connectivity index (χ4n) is 0.788. The predicted octanol–water partition coefficient (Wildman–Crippen LogP) is -0.404. The molecule has 0 aromatic heterocycles. The van der Waals surface area contributed by atoms with E-state index >= 15 is 0 Å². The minimum atomic E-state index is 0.393. The first-order chi connectivity index (χ1) is 5.16. The Morgan fingerprint density at radius 3 is 2.55 bits per heavy atom. The Morgan fingerprint density at radius 1 is 1.36 bits per heavy atom. The number of nitrogen functional groups attached to an aromatic ring is 2. The van der Waals surface area contributed by atoms with Crippen molar-refractivity contribution in [2.75, 3.05) is 11.5 Å². The first kappa shape index (κ1) is 7.38. The standard InChI is InChI=1S/C7H8N4/c8-3-4-1-2-5(9)7(11)6(4)10/h1-2H,9-11H2/p+1. The van der Waals surface area contributed by atoms with Gasteiger partial charge in [-0.2, -0.15) is 5.26 Å². The molecule has 0 saturated heterocycles. The van der Waals surface area contributed by atoms with Crippen LogP contribution in [0.3, 0.4) is 0 Å². The molecule has 0 saturated carbocycles. The van der Waals surface area contributed by atoms with Crippen LogP contribution >= 0.6 is 0 Å². The van der Waals surface area contributed by atoms with Gasteiger partial charge in [-0.3, -0.25) is 0 Å². The van der Waals surface area contributed by atoms with Crippen LogP contribution in [0.4, 0.5) is 17.1 Å². The van der Waals surface area contributed by atoms with Crippen molar-refractivity contribution in [3.63, 3.8) is 0 Å². The van der Waals surface area contributed by atoms with E-state index in [1.165, 1.54) is 0 Å². The number of nitrogens with zero attached hydrogens (tertiary/aromatic N) is 1. The fraction of sp³-hybridized carbons (Fsp3) is 0. The van der Waals surface area contributed by atoms with Crippen LogP contribution in [0, 0.1) is 11.3 Å². The third kappa shape index (κ3) is 1.09. The minimum absolute atomic E-state index is 0.393. The zero-order chi connectivity index (χ0) is 8.43. The maximum absolute atomic E-state index is 8.55. The number of anilines is 2. The molecule has 4 nitrogen and oxygen atoms in total. The number of rotatable bonds is 0. The van der Waals surface area contributed by atoms with Crippen LogP contribution in [0.15, 0.2) is 12.1 Å². The average molecular weight is 149 g/mol. The number of nitrogens with two attached hydrogens (primary N) is 2. The summed E-state index contributed by atoms with van der Waals surface area (Å²) in [6.45, 7) is 0. The van der Waals surface area contributed by atoms with Crippen LogP contribution in [-0.4, -0.2) is 0 Å². The first-order valence-electron chi connectivity index (χ1n) is 3.07. The van der Waals surface area contributed by atoms with E-state index in [1.54, 1.807) is 12.1 Å². The maximum Gasteiger partial charge on any atom is 0.171 e. The van der Waals surface area contributed by atoms with Gasteiger partial charge in [0.05, 0.1) is 5.69 Å². The Kier molecular flexibility index (Phi) is 1.66. The molecule has 0 radical (unpaired) electrons. The van der Waals surface area contributed by atoms with Crippen molar-refractivity contribution >= 4 is 17.1 Å². The van der Waals surface area contributed by atoms with Gasteiger partial charge in [0.1, 0.15) is 17.3 Å². The molecule has 7 N–H and O–H groups in total. The molecular weight excluding hydrogens is 140 g/mol. The Bertz CT molecular complexity index is 324. The highest BCUT2D eigenvalue weighted by atomic mass is 14.7. The fourth-order valence-corrected chi connectivity index (χ4v) is 0.788. The Balaban J connectivity index is 3.40. The second kappa shape index (κ2) is 2.48. The first-order valence-corrected chi connectivity index (χ1v) is 3.07. The largest absolute Gasteiger partial charge is 0.397 e. The highest BCUT2D eigenvalue weighted by Crippen LogP contribution is 2.23. The van der Waals surface area contributed by atoms with E-state index in [9.17, 15) is 0 Å². The zero-order valence-electron chi connectivity index (χ0n) is 5.96. The minimum Gasteiger partial charge on any atom is -0.397 e. The zero-order valence-corrected chi connectivity index (χ0v) is 5.96. The van der Waals surface area contributed by atoms with Gasteiger partial charge in [0.15, 0.2) is 5.69 Å². The van der Waals surface area contributed by atoms with Crippen molar-refractivity contribution in [1.82, 2.24) is 0 Å².